The summed E-state index contributed by atoms with van der Waals surface area (Å²) in [5, 5.41) is 14.1. The maximum absolute atomic E-state index is 11.8. The Bertz CT molecular complexity index is 549. The fraction of sp³-hybridized carbons (Fsp3) is 0.429. The van der Waals surface area contributed by atoms with E-state index in [1.54, 1.807) is 0 Å². The van der Waals surface area contributed by atoms with Crippen LogP contribution in [0.5, 0.6) is 0 Å². The molecule has 0 saturated heterocycles. The number of carboxylic acid groups (broad SMARTS) is 1. The molecule has 3 N–H and O–H groups in total. The molecule has 7 heteroatoms. The molecule has 0 fully saturated rings. The quantitative estimate of drug-likeness (QED) is 0.744. The van der Waals surface area contributed by atoms with Gasteiger partial charge in [0.25, 0.3) is 5.91 Å². The molecule has 1 aromatic rings. The number of hydrogen-bond donors (Lipinski definition) is 3. The maximum atomic E-state index is 11.8. The molecule has 0 aliphatic rings. The smallest absolute Gasteiger partial charge is 0.354 e. The molecular formula is C14H19N3O4. The van der Waals surface area contributed by atoms with Crippen molar-refractivity contribution < 1.29 is 19.5 Å². The van der Waals surface area contributed by atoms with Crippen LogP contribution in [-0.2, 0) is 4.79 Å². The molecule has 0 unspecified atom stereocenters. The minimum Gasteiger partial charge on any atom is -0.477 e. The van der Waals surface area contributed by atoms with Crippen molar-refractivity contribution in [2.75, 3.05) is 6.54 Å². The van der Waals surface area contributed by atoms with Crippen molar-refractivity contribution in [1.29, 1.82) is 0 Å². The van der Waals surface area contributed by atoms with Crippen molar-refractivity contribution in [1.82, 2.24) is 15.6 Å². The Kier molecular flexibility index (Phi) is 5.40. The lowest BCUT2D eigenvalue weighted by molar-refractivity contribution is -0.122. The molecule has 0 radical (unpaired) electrons. The molecule has 0 aromatic carbocycles. The second-order valence-electron chi connectivity index (χ2n) is 5.54. The number of hydrogen-bond acceptors (Lipinski definition) is 4. The summed E-state index contributed by atoms with van der Waals surface area (Å²) < 4.78 is 0. The monoisotopic (exact) mass is 293 g/mol. The summed E-state index contributed by atoms with van der Waals surface area (Å²) in [5.41, 5.74) is -0.325. The first-order valence-electron chi connectivity index (χ1n) is 6.47. The van der Waals surface area contributed by atoms with Gasteiger partial charge in [-0.15, -0.1) is 0 Å². The lowest BCUT2D eigenvalue weighted by atomic mass is 10.1. The first-order valence-corrected chi connectivity index (χ1v) is 6.47. The van der Waals surface area contributed by atoms with Crippen LogP contribution in [0.25, 0.3) is 0 Å². The molecule has 0 atom stereocenters. The Hall–Kier alpha value is -2.44. The molecule has 1 heterocycles. The van der Waals surface area contributed by atoms with Gasteiger partial charge in [-0.3, -0.25) is 9.59 Å². The molecule has 21 heavy (non-hydrogen) atoms. The van der Waals surface area contributed by atoms with Gasteiger partial charge >= 0.3 is 5.97 Å². The Morgan fingerprint density at radius 2 is 1.95 bits per heavy atom. The highest BCUT2D eigenvalue weighted by molar-refractivity contribution is 5.96. The number of carbonyl (C=O) groups excluding carboxylic acids is 2. The molecule has 0 bridgehead atoms. The van der Waals surface area contributed by atoms with Crippen LogP contribution in [-0.4, -0.2) is 40.0 Å². The van der Waals surface area contributed by atoms with Crippen LogP contribution in [0, 0.1) is 0 Å². The van der Waals surface area contributed by atoms with Gasteiger partial charge in [-0.25, -0.2) is 9.78 Å². The third-order valence-corrected chi connectivity index (χ3v) is 2.39. The molecule has 7 nitrogen and oxygen atoms in total. The van der Waals surface area contributed by atoms with Crippen LogP contribution < -0.4 is 10.6 Å². The van der Waals surface area contributed by atoms with Crippen LogP contribution in [0.4, 0.5) is 0 Å². The number of aromatic nitrogens is 1. The Balaban J connectivity index is 2.49. The number of pyridine rings is 1. The van der Waals surface area contributed by atoms with Crippen molar-refractivity contribution in [3.63, 3.8) is 0 Å². The van der Waals surface area contributed by atoms with Gasteiger partial charge in [0.05, 0.1) is 0 Å². The molecule has 0 aliphatic heterocycles. The van der Waals surface area contributed by atoms with E-state index in [1.807, 2.05) is 20.8 Å². The molecule has 0 spiro atoms. The number of carboxylic acids is 1. The Morgan fingerprint density at radius 3 is 2.52 bits per heavy atom. The number of aromatic carboxylic acids is 1. The first kappa shape index (κ1) is 16.6. The fourth-order valence-electron chi connectivity index (χ4n) is 1.56. The molecule has 0 saturated carbocycles. The highest BCUT2D eigenvalue weighted by Gasteiger charge is 2.14. The summed E-state index contributed by atoms with van der Waals surface area (Å²) in [6.07, 6.45) is 1.41. The molecule has 114 valence electrons. The minimum absolute atomic E-state index is 0.153. The summed E-state index contributed by atoms with van der Waals surface area (Å²) in [4.78, 5) is 37.8. The predicted octanol–water partition coefficient (Wildman–Crippen LogP) is 0.814. The maximum Gasteiger partial charge on any atom is 0.354 e. The van der Waals surface area contributed by atoms with Gasteiger partial charge in [-0.05, 0) is 32.9 Å². The number of rotatable bonds is 5. The van der Waals surface area contributed by atoms with Crippen molar-refractivity contribution in [3.05, 3.63) is 29.6 Å². The summed E-state index contributed by atoms with van der Waals surface area (Å²) in [5.74, 6) is -1.80. The van der Waals surface area contributed by atoms with E-state index in [2.05, 4.69) is 15.6 Å². The van der Waals surface area contributed by atoms with Gasteiger partial charge in [-0.1, -0.05) is 0 Å². The van der Waals surface area contributed by atoms with E-state index in [0.717, 1.165) is 0 Å². The zero-order chi connectivity index (χ0) is 16.0. The number of carbonyl (C=O) groups is 3. The zero-order valence-electron chi connectivity index (χ0n) is 12.3. The average Bonchev–Trinajstić information content (AvgIpc) is 2.36. The van der Waals surface area contributed by atoms with Crippen LogP contribution >= 0.6 is 0 Å². The van der Waals surface area contributed by atoms with Crippen LogP contribution in [0.2, 0.25) is 0 Å². The molecule has 1 rings (SSSR count). The SMILES string of the molecule is CC(C)(C)NC(=O)CCNC(=O)c1ccnc(C(=O)O)c1. The summed E-state index contributed by atoms with van der Waals surface area (Å²) >= 11 is 0. The lowest BCUT2D eigenvalue weighted by Gasteiger charge is -2.20. The van der Waals surface area contributed by atoms with E-state index in [-0.39, 0.29) is 35.7 Å². The molecule has 1 aromatic heterocycles. The number of nitrogens with one attached hydrogen (secondary N) is 2. The van der Waals surface area contributed by atoms with Gasteiger partial charge in [0, 0.05) is 30.3 Å². The third-order valence-electron chi connectivity index (χ3n) is 2.39. The van der Waals surface area contributed by atoms with E-state index in [9.17, 15) is 14.4 Å². The zero-order valence-corrected chi connectivity index (χ0v) is 12.3. The van der Waals surface area contributed by atoms with E-state index >= 15 is 0 Å². The van der Waals surface area contributed by atoms with E-state index in [4.69, 9.17) is 5.11 Å². The summed E-state index contributed by atoms with van der Waals surface area (Å²) in [6, 6.07) is 2.60. The fourth-order valence-corrected chi connectivity index (χ4v) is 1.56. The predicted molar refractivity (Wildman–Crippen MR) is 76.0 cm³/mol. The van der Waals surface area contributed by atoms with Gasteiger partial charge in [-0.2, -0.15) is 0 Å². The Labute approximate surface area is 122 Å². The Morgan fingerprint density at radius 1 is 1.29 bits per heavy atom. The van der Waals surface area contributed by atoms with Gasteiger partial charge in [0.2, 0.25) is 5.91 Å². The standard InChI is InChI=1S/C14H19N3O4/c1-14(2,3)17-11(18)5-7-16-12(19)9-4-6-15-10(8-9)13(20)21/h4,6,8H,5,7H2,1-3H3,(H,16,19)(H,17,18)(H,20,21). The molecular weight excluding hydrogens is 274 g/mol. The van der Waals surface area contributed by atoms with E-state index in [0.29, 0.717) is 0 Å². The van der Waals surface area contributed by atoms with Crippen molar-refractivity contribution in [2.24, 2.45) is 0 Å². The van der Waals surface area contributed by atoms with Crippen LogP contribution in [0.15, 0.2) is 18.3 Å². The van der Waals surface area contributed by atoms with Crippen molar-refractivity contribution in [3.8, 4) is 0 Å². The van der Waals surface area contributed by atoms with Gasteiger partial charge in [0.1, 0.15) is 5.69 Å². The molecule has 0 aliphatic carbocycles. The topological polar surface area (TPSA) is 108 Å². The largest absolute Gasteiger partial charge is 0.477 e. The van der Waals surface area contributed by atoms with Crippen LogP contribution in [0.3, 0.4) is 0 Å². The summed E-state index contributed by atoms with van der Waals surface area (Å²) in [7, 11) is 0. The highest BCUT2D eigenvalue weighted by atomic mass is 16.4. The molecule has 2 amide bonds. The van der Waals surface area contributed by atoms with Crippen LogP contribution in [0.1, 0.15) is 48.0 Å². The first-order chi connectivity index (χ1) is 9.69. The normalized spacial score (nSPS) is 10.8. The van der Waals surface area contributed by atoms with E-state index in [1.165, 1.54) is 18.3 Å². The second kappa shape index (κ2) is 6.83. The van der Waals surface area contributed by atoms with Gasteiger partial charge in [0.15, 0.2) is 0 Å². The number of nitrogens with zero attached hydrogens (tertiary/aromatic N) is 1. The van der Waals surface area contributed by atoms with Crippen molar-refractivity contribution in [2.45, 2.75) is 32.7 Å². The average molecular weight is 293 g/mol. The lowest BCUT2D eigenvalue weighted by Crippen LogP contribution is -2.42. The van der Waals surface area contributed by atoms with Gasteiger partial charge < -0.3 is 15.7 Å². The third kappa shape index (κ3) is 6.03. The van der Waals surface area contributed by atoms with E-state index < -0.39 is 11.9 Å². The number of amides is 2. The minimum atomic E-state index is -1.20. The van der Waals surface area contributed by atoms with Crippen molar-refractivity contribution >= 4 is 17.8 Å². The summed E-state index contributed by atoms with van der Waals surface area (Å²) in [6.45, 7) is 5.78. The highest BCUT2D eigenvalue weighted by Crippen LogP contribution is 2.02. The second-order valence-corrected chi connectivity index (χ2v) is 5.54.